The van der Waals surface area contributed by atoms with Crippen molar-refractivity contribution in [1.82, 2.24) is 9.55 Å². The normalized spacial score (nSPS) is 12.9. The highest BCUT2D eigenvalue weighted by atomic mass is 16.5. The van der Waals surface area contributed by atoms with Gasteiger partial charge in [-0.15, -0.1) is 0 Å². The van der Waals surface area contributed by atoms with Crippen molar-refractivity contribution in [3.8, 4) is 17.1 Å². The average molecular weight is 272 g/mol. The van der Waals surface area contributed by atoms with Crippen molar-refractivity contribution >= 4 is 5.97 Å². The van der Waals surface area contributed by atoms with Crippen LogP contribution in [0.2, 0.25) is 0 Å². The molecule has 3 rings (SSSR count). The number of imidazole rings is 1. The number of methoxy groups -OCH3 is 1. The van der Waals surface area contributed by atoms with Gasteiger partial charge in [0, 0.05) is 6.20 Å². The van der Waals surface area contributed by atoms with Crippen LogP contribution >= 0.6 is 0 Å². The summed E-state index contributed by atoms with van der Waals surface area (Å²) in [5, 5.41) is 0. The monoisotopic (exact) mass is 272 g/mol. The van der Waals surface area contributed by atoms with Gasteiger partial charge < -0.3 is 14.0 Å². The van der Waals surface area contributed by atoms with E-state index in [0.29, 0.717) is 17.9 Å². The lowest BCUT2D eigenvalue weighted by molar-refractivity contribution is 0.0600. The van der Waals surface area contributed by atoms with Gasteiger partial charge in [-0.3, -0.25) is 0 Å². The number of fused-ring (bicyclic) bond motifs is 3. The van der Waals surface area contributed by atoms with E-state index in [1.54, 1.807) is 12.1 Å². The molecule has 104 valence electrons. The molecule has 1 aliphatic rings. The van der Waals surface area contributed by atoms with Crippen LogP contribution < -0.4 is 4.74 Å². The lowest BCUT2D eigenvalue weighted by atomic mass is 10.1. The van der Waals surface area contributed by atoms with Gasteiger partial charge in [0.2, 0.25) is 0 Å². The number of carbonyl (C=O) groups excluding carboxylic acids is 1. The zero-order chi connectivity index (χ0) is 14.1. The summed E-state index contributed by atoms with van der Waals surface area (Å²) in [4.78, 5) is 16.2. The number of carbonyl (C=O) groups is 1. The first kappa shape index (κ1) is 12.7. The molecule has 5 heteroatoms. The fourth-order valence-electron chi connectivity index (χ4n) is 2.35. The first-order valence-corrected chi connectivity index (χ1v) is 6.64. The highest BCUT2D eigenvalue weighted by Crippen LogP contribution is 2.33. The Labute approximate surface area is 117 Å². The van der Waals surface area contributed by atoms with Gasteiger partial charge in [0.25, 0.3) is 0 Å². The van der Waals surface area contributed by atoms with Crippen LogP contribution in [0, 0.1) is 0 Å². The maximum atomic E-state index is 11.6. The Balaban J connectivity index is 2.10. The fraction of sp³-hybridized carbons (Fsp3) is 0.333. The molecule has 0 unspecified atom stereocenters. The minimum atomic E-state index is -0.363. The average Bonchev–Trinajstić information content (AvgIpc) is 2.82. The molecule has 0 bridgehead atoms. The molecule has 1 aromatic heterocycles. The summed E-state index contributed by atoms with van der Waals surface area (Å²) >= 11 is 0. The van der Waals surface area contributed by atoms with Gasteiger partial charge in [-0.25, -0.2) is 9.78 Å². The number of ether oxygens (including phenoxy) is 2. The molecule has 0 fully saturated rings. The molecule has 20 heavy (non-hydrogen) atoms. The minimum Gasteiger partial charge on any atom is -0.491 e. The summed E-state index contributed by atoms with van der Waals surface area (Å²) in [5.74, 6) is 1.21. The smallest absolute Gasteiger partial charge is 0.337 e. The van der Waals surface area contributed by atoms with E-state index < -0.39 is 0 Å². The second kappa shape index (κ2) is 5.00. The van der Waals surface area contributed by atoms with Crippen LogP contribution in [0.1, 0.15) is 23.0 Å². The molecule has 0 spiro atoms. The summed E-state index contributed by atoms with van der Waals surface area (Å²) in [6.07, 6.45) is 2.96. The molecule has 0 N–H and O–H groups in total. The SMILES string of the molecule is CCc1cn2c(n1)-c1ccc(C(=O)OC)cc1OCC2. The molecular formula is C15H16N2O3. The number of hydrogen-bond acceptors (Lipinski definition) is 4. The van der Waals surface area contributed by atoms with Gasteiger partial charge in [-0.1, -0.05) is 6.92 Å². The van der Waals surface area contributed by atoms with Gasteiger partial charge >= 0.3 is 5.97 Å². The van der Waals surface area contributed by atoms with Crippen molar-refractivity contribution in [3.63, 3.8) is 0 Å². The maximum Gasteiger partial charge on any atom is 0.337 e. The maximum absolute atomic E-state index is 11.6. The topological polar surface area (TPSA) is 53.4 Å². The first-order valence-electron chi connectivity index (χ1n) is 6.64. The Morgan fingerprint density at radius 2 is 2.35 bits per heavy atom. The molecule has 0 amide bonds. The molecule has 2 aromatic rings. The lowest BCUT2D eigenvalue weighted by Gasteiger charge is -2.08. The Kier molecular flexibility index (Phi) is 3.18. The Morgan fingerprint density at radius 1 is 1.50 bits per heavy atom. The quantitative estimate of drug-likeness (QED) is 0.787. The summed E-state index contributed by atoms with van der Waals surface area (Å²) in [5.41, 5.74) is 2.46. The second-order valence-corrected chi connectivity index (χ2v) is 4.65. The minimum absolute atomic E-state index is 0.363. The zero-order valence-corrected chi connectivity index (χ0v) is 11.5. The summed E-state index contributed by atoms with van der Waals surface area (Å²) in [6, 6.07) is 5.33. The number of esters is 1. The van der Waals surface area contributed by atoms with Crippen LogP contribution in [0.3, 0.4) is 0 Å². The van der Waals surface area contributed by atoms with Gasteiger partial charge in [-0.2, -0.15) is 0 Å². The van der Waals surface area contributed by atoms with Crippen LogP contribution in [0.4, 0.5) is 0 Å². The van der Waals surface area contributed by atoms with Crippen molar-refractivity contribution < 1.29 is 14.3 Å². The van der Waals surface area contributed by atoms with E-state index in [1.165, 1.54) is 7.11 Å². The van der Waals surface area contributed by atoms with E-state index in [2.05, 4.69) is 22.7 Å². The highest BCUT2D eigenvalue weighted by Gasteiger charge is 2.19. The van der Waals surface area contributed by atoms with E-state index in [0.717, 1.165) is 30.0 Å². The molecule has 0 atom stereocenters. The van der Waals surface area contributed by atoms with Crippen molar-refractivity contribution in [2.45, 2.75) is 19.9 Å². The number of aromatic nitrogens is 2. The molecule has 0 radical (unpaired) electrons. The van der Waals surface area contributed by atoms with Crippen molar-refractivity contribution in [2.24, 2.45) is 0 Å². The summed E-state index contributed by atoms with van der Waals surface area (Å²) in [6.45, 7) is 3.40. The number of rotatable bonds is 2. The molecule has 1 aliphatic heterocycles. The highest BCUT2D eigenvalue weighted by molar-refractivity contribution is 5.91. The van der Waals surface area contributed by atoms with Gasteiger partial charge in [0.05, 0.1) is 30.5 Å². The predicted molar refractivity (Wildman–Crippen MR) is 73.9 cm³/mol. The Bertz CT molecular complexity index is 661. The predicted octanol–water partition coefficient (Wildman–Crippen LogP) is 2.29. The van der Waals surface area contributed by atoms with E-state index >= 15 is 0 Å². The third-order valence-corrected chi connectivity index (χ3v) is 3.42. The molecule has 5 nitrogen and oxygen atoms in total. The van der Waals surface area contributed by atoms with Crippen LogP contribution in [0.15, 0.2) is 24.4 Å². The summed E-state index contributed by atoms with van der Waals surface area (Å²) < 4.78 is 12.6. The van der Waals surface area contributed by atoms with Gasteiger partial charge in [-0.05, 0) is 24.6 Å². The van der Waals surface area contributed by atoms with E-state index in [4.69, 9.17) is 9.47 Å². The molecule has 0 saturated heterocycles. The van der Waals surface area contributed by atoms with E-state index in [1.807, 2.05) is 6.07 Å². The number of benzene rings is 1. The van der Waals surface area contributed by atoms with Crippen LogP contribution in [0.25, 0.3) is 11.4 Å². The Hall–Kier alpha value is -2.30. The number of aryl methyl sites for hydroxylation is 1. The van der Waals surface area contributed by atoms with Gasteiger partial charge in [0.15, 0.2) is 0 Å². The molecule has 0 saturated carbocycles. The van der Waals surface area contributed by atoms with Gasteiger partial charge in [0.1, 0.15) is 18.2 Å². The largest absolute Gasteiger partial charge is 0.491 e. The van der Waals surface area contributed by atoms with Crippen molar-refractivity contribution in [3.05, 3.63) is 35.7 Å². The Morgan fingerprint density at radius 3 is 3.10 bits per heavy atom. The molecular weight excluding hydrogens is 256 g/mol. The fourth-order valence-corrected chi connectivity index (χ4v) is 2.35. The van der Waals surface area contributed by atoms with Crippen LogP contribution in [-0.2, 0) is 17.7 Å². The van der Waals surface area contributed by atoms with Crippen LogP contribution in [-0.4, -0.2) is 29.2 Å². The molecule has 1 aromatic carbocycles. The lowest BCUT2D eigenvalue weighted by Crippen LogP contribution is -2.05. The van der Waals surface area contributed by atoms with Crippen LogP contribution in [0.5, 0.6) is 5.75 Å². The zero-order valence-electron chi connectivity index (χ0n) is 11.5. The van der Waals surface area contributed by atoms with E-state index in [-0.39, 0.29) is 5.97 Å². The van der Waals surface area contributed by atoms with Crippen molar-refractivity contribution in [2.75, 3.05) is 13.7 Å². The summed E-state index contributed by atoms with van der Waals surface area (Å²) in [7, 11) is 1.37. The second-order valence-electron chi connectivity index (χ2n) is 4.65. The molecule has 0 aliphatic carbocycles. The third kappa shape index (κ3) is 2.05. The van der Waals surface area contributed by atoms with E-state index in [9.17, 15) is 4.79 Å². The number of nitrogens with zero attached hydrogens (tertiary/aromatic N) is 2. The van der Waals surface area contributed by atoms with Crippen molar-refractivity contribution in [1.29, 1.82) is 0 Å². The third-order valence-electron chi connectivity index (χ3n) is 3.42. The number of hydrogen-bond donors (Lipinski definition) is 0. The standard InChI is InChI=1S/C15H16N2O3/c1-3-11-9-17-6-7-20-13-8-10(15(18)19-2)4-5-12(13)14(17)16-11/h4-5,8-9H,3,6-7H2,1-2H3. The molecule has 2 heterocycles. The first-order chi connectivity index (χ1) is 9.72.